The highest BCUT2D eigenvalue weighted by atomic mass is 16.1. The van der Waals surface area contributed by atoms with Gasteiger partial charge in [-0.2, -0.15) is 0 Å². The van der Waals surface area contributed by atoms with Gasteiger partial charge in [0.15, 0.2) is 0 Å². The molecule has 0 aliphatic carbocycles. The number of carbonyl (C=O) groups is 1. The molecule has 0 heterocycles. The van der Waals surface area contributed by atoms with Crippen LogP contribution in [-0.2, 0) is 4.79 Å². The fourth-order valence-corrected chi connectivity index (χ4v) is 1.69. The SMILES string of the molecule is CC=CCCCC(CC)C(=O)CCC. The molecular formula is C13H24O. The summed E-state index contributed by atoms with van der Waals surface area (Å²) in [5.74, 6) is 0.788. The van der Waals surface area contributed by atoms with Crippen LogP contribution in [0.25, 0.3) is 0 Å². The molecule has 0 aliphatic rings. The predicted molar refractivity (Wildman–Crippen MR) is 62.4 cm³/mol. The fourth-order valence-electron chi connectivity index (χ4n) is 1.69. The quantitative estimate of drug-likeness (QED) is 0.421. The van der Waals surface area contributed by atoms with E-state index in [1.165, 1.54) is 0 Å². The highest BCUT2D eigenvalue weighted by molar-refractivity contribution is 5.80. The van der Waals surface area contributed by atoms with Crippen molar-refractivity contribution < 1.29 is 4.79 Å². The van der Waals surface area contributed by atoms with Gasteiger partial charge >= 0.3 is 0 Å². The normalized spacial score (nSPS) is 13.4. The summed E-state index contributed by atoms with van der Waals surface area (Å²) >= 11 is 0. The van der Waals surface area contributed by atoms with Crippen molar-refractivity contribution in [2.45, 2.75) is 59.3 Å². The summed E-state index contributed by atoms with van der Waals surface area (Å²) in [6.07, 6.45) is 10.4. The Morgan fingerprint density at radius 3 is 2.57 bits per heavy atom. The first-order chi connectivity index (χ1) is 6.76. The van der Waals surface area contributed by atoms with Gasteiger partial charge in [-0.1, -0.05) is 26.0 Å². The van der Waals surface area contributed by atoms with Gasteiger partial charge in [-0.3, -0.25) is 4.79 Å². The van der Waals surface area contributed by atoms with Gasteiger partial charge in [-0.05, 0) is 39.0 Å². The van der Waals surface area contributed by atoms with E-state index < -0.39 is 0 Å². The molecule has 0 bridgehead atoms. The molecule has 0 amide bonds. The average molecular weight is 196 g/mol. The fraction of sp³-hybridized carbons (Fsp3) is 0.769. The third-order valence-electron chi connectivity index (χ3n) is 2.60. The van der Waals surface area contributed by atoms with E-state index in [0.29, 0.717) is 11.7 Å². The lowest BCUT2D eigenvalue weighted by Gasteiger charge is -2.12. The van der Waals surface area contributed by atoms with Crippen molar-refractivity contribution in [1.82, 2.24) is 0 Å². The molecule has 0 aromatic rings. The third-order valence-corrected chi connectivity index (χ3v) is 2.60. The monoisotopic (exact) mass is 196 g/mol. The van der Waals surface area contributed by atoms with E-state index in [2.05, 4.69) is 26.0 Å². The van der Waals surface area contributed by atoms with Crippen molar-refractivity contribution in [2.24, 2.45) is 5.92 Å². The minimum absolute atomic E-state index is 0.320. The lowest BCUT2D eigenvalue weighted by molar-refractivity contribution is -0.123. The van der Waals surface area contributed by atoms with Crippen LogP contribution < -0.4 is 0 Å². The Labute approximate surface area is 88.6 Å². The topological polar surface area (TPSA) is 17.1 Å². The second-order valence-corrected chi connectivity index (χ2v) is 3.82. The second-order valence-electron chi connectivity index (χ2n) is 3.82. The number of carbonyl (C=O) groups excluding carboxylic acids is 1. The van der Waals surface area contributed by atoms with Gasteiger partial charge in [0.1, 0.15) is 5.78 Å². The zero-order chi connectivity index (χ0) is 10.8. The Bertz CT molecular complexity index is 170. The summed E-state index contributed by atoms with van der Waals surface area (Å²) in [6, 6.07) is 0. The van der Waals surface area contributed by atoms with Crippen LogP contribution in [0.5, 0.6) is 0 Å². The number of Topliss-reactive ketones (excluding diaryl/α,β-unsaturated/α-hetero) is 1. The van der Waals surface area contributed by atoms with Crippen molar-refractivity contribution in [2.75, 3.05) is 0 Å². The van der Waals surface area contributed by atoms with E-state index in [9.17, 15) is 4.79 Å². The smallest absolute Gasteiger partial charge is 0.135 e. The summed E-state index contributed by atoms with van der Waals surface area (Å²) in [6.45, 7) is 6.23. The highest BCUT2D eigenvalue weighted by Gasteiger charge is 2.13. The number of ketones is 1. The molecule has 0 radical (unpaired) electrons. The van der Waals surface area contributed by atoms with Gasteiger partial charge in [-0.25, -0.2) is 0 Å². The van der Waals surface area contributed by atoms with E-state index in [0.717, 1.165) is 38.5 Å². The molecule has 0 fully saturated rings. The van der Waals surface area contributed by atoms with Crippen LogP contribution in [0.1, 0.15) is 59.3 Å². The molecule has 0 N–H and O–H groups in total. The van der Waals surface area contributed by atoms with Crippen LogP contribution in [0.15, 0.2) is 12.2 Å². The maximum Gasteiger partial charge on any atom is 0.135 e. The van der Waals surface area contributed by atoms with Gasteiger partial charge in [-0.15, -0.1) is 0 Å². The van der Waals surface area contributed by atoms with Crippen LogP contribution in [0, 0.1) is 5.92 Å². The molecule has 1 nitrogen and oxygen atoms in total. The van der Waals surface area contributed by atoms with E-state index in [-0.39, 0.29) is 0 Å². The zero-order valence-corrected chi connectivity index (χ0v) is 9.88. The Hall–Kier alpha value is -0.590. The lowest BCUT2D eigenvalue weighted by atomic mass is 9.92. The number of rotatable bonds is 8. The van der Waals surface area contributed by atoms with E-state index in [1.54, 1.807) is 0 Å². The van der Waals surface area contributed by atoms with Crippen LogP contribution in [0.2, 0.25) is 0 Å². The second kappa shape index (κ2) is 8.98. The zero-order valence-electron chi connectivity index (χ0n) is 9.88. The molecule has 0 aromatic carbocycles. The van der Waals surface area contributed by atoms with Gasteiger partial charge in [0.25, 0.3) is 0 Å². The Kier molecular flexibility index (Phi) is 8.61. The van der Waals surface area contributed by atoms with Gasteiger partial charge in [0.05, 0.1) is 0 Å². The molecule has 0 saturated carbocycles. The van der Waals surface area contributed by atoms with Crippen LogP contribution in [0.3, 0.4) is 0 Å². The summed E-state index contributed by atoms with van der Waals surface area (Å²) in [7, 11) is 0. The first kappa shape index (κ1) is 13.4. The van der Waals surface area contributed by atoms with Crippen LogP contribution in [-0.4, -0.2) is 5.78 Å². The largest absolute Gasteiger partial charge is 0.299 e. The molecule has 82 valence electrons. The number of unbranched alkanes of at least 4 members (excludes halogenated alkanes) is 1. The first-order valence-electron chi connectivity index (χ1n) is 5.90. The maximum atomic E-state index is 11.6. The van der Waals surface area contributed by atoms with E-state index in [4.69, 9.17) is 0 Å². The molecule has 1 atom stereocenters. The van der Waals surface area contributed by atoms with Crippen molar-refractivity contribution in [3.63, 3.8) is 0 Å². The molecule has 14 heavy (non-hydrogen) atoms. The van der Waals surface area contributed by atoms with Crippen molar-refractivity contribution >= 4 is 5.78 Å². The van der Waals surface area contributed by atoms with Crippen molar-refractivity contribution in [1.29, 1.82) is 0 Å². The van der Waals surface area contributed by atoms with Gasteiger partial charge in [0, 0.05) is 12.3 Å². The first-order valence-corrected chi connectivity index (χ1v) is 5.90. The van der Waals surface area contributed by atoms with E-state index >= 15 is 0 Å². The molecule has 0 saturated heterocycles. The third kappa shape index (κ3) is 5.95. The van der Waals surface area contributed by atoms with Gasteiger partial charge in [0.2, 0.25) is 0 Å². The summed E-state index contributed by atoms with van der Waals surface area (Å²) < 4.78 is 0. The number of allylic oxidation sites excluding steroid dienone is 2. The Morgan fingerprint density at radius 2 is 2.07 bits per heavy atom. The lowest BCUT2D eigenvalue weighted by Crippen LogP contribution is -2.12. The average Bonchev–Trinajstić information content (AvgIpc) is 2.18. The Balaban J connectivity index is 3.72. The molecule has 0 rings (SSSR count). The van der Waals surface area contributed by atoms with Crippen LogP contribution in [0.4, 0.5) is 0 Å². The van der Waals surface area contributed by atoms with Crippen LogP contribution >= 0.6 is 0 Å². The minimum Gasteiger partial charge on any atom is -0.299 e. The molecule has 0 aromatic heterocycles. The van der Waals surface area contributed by atoms with Crippen molar-refractivity contribution in [3.8, 4) is 0 Å². The summed E-state index contributed by atoms with van der Waals surface area (Å²) in [5, 5.41) is 0. The number of hydrogen-bond donors (Lipinski definition) is 0. The minimum atomic E-state index is 0.320. The molecule has 1 unspecified atom stereocenters. The van der Waals surface area contributed by atoms with E-state index in [1.807, 2.05) is 6.92 Å². The summed E-state index contributed by atoms with van der Waals surface area (Å²) in [4.78, 5) is 11.6. The highest BCUT2D eigenvalue weighted by Crippen LogP contribution is 2.16. The Morgan fingerprint density at radius 1 is 1.36 bits per heavy atom. The number of hydrogen-bond acceptors (Lipinski definition) is 1. The standard InChI is InChI=1S/C13H24O/c1-4-7-8-9-11-12(6-3)13(14)10-5-2/h4,7,12H,5-6,8-11H2,1-3H3. The predicted octanol–water partition coefficient (Wildman–Crippen LogP) is 4.13. The molecule has 0 aliphatic heterocycles. The van der Waals surface area contributed by atoms with Gasteiger partial charge < -0.3 is 0 Å². The molecular weight excluding hydrogens is 172 g/mol. The molecule has 1 heteroatoms. The van der Waals surface area contributed by atoms with Crippen molar-refractivity contribution in [3.05, 3.63) is 12.2 Å². The summed E-state index contributed by atoms with van der Waals surface area (Å²) in [5.41, 5.74) is 0. The molecule has 0 spiro atoms. The maximum absolute atomic E-state index is 11.6.